The van der Waals surface area contributed by atoms with Crippen molar-refractivity contribution in [1.29, 1.82) is 0 Å². The molecule has 0 unspecified atom stereocenters. The van der Waals surface area contributed by atoms with Gasteiger partial charge in [-0.05, 0) is 29.2 Å². The van der Waals surface area contributed by atoms with Crippen molar-refractivity contribution in [2.24, 2.45) is 0 Å². The van der Waals surface area contributed by atoms with Gasteiger partial charge < -0.3 is 4.42 Å². The van der Waals surface area contributed by atoms with Crippen LogP contribution in [0.5, 0.6) is 0 Å². The van der Waals surface area contributed by atoms with E-state index < -0.39 is 4.92 Å². The highest BCUT2D eigenvalue weighted by molar-refractivity contribution is 5.79. The minimum absolute atomic E-state index is 0.00600. The minimum Gasteiger partial charge on any atom is -0.436 e. The fourth-order valence-electron chi connectivity index (χ4n) is 2.32. The third-order valence-corrected chi connectivity index (χ3v) is 3.58. The summed E-state index contributed by atoms with van der Waals surface area (Å²) in [5.41, 5.74) is 2.86. The Morgan fingerprint density at radius 1 is 1.14 bits per heavy atom. The van der Waals surface area contributed by atoms with Crippen molar-refractivity contribution >= 4 is 16.8 Å². The number of aromatic nitrogens is 1. The second-order valence-corrected chi connectivity index (χ2v) is 6.23. The Balaban J connectivity index is 2.16. The van der Waals surface area contributed by atoms with Crippen LogP contribution in [-0.2, 0) is 5.41 Å². The fourth-order valence-corrected chi connectivity index (χ4v) is 2.32. The van der Waals surface area contributed by atoms with Gasteiger partial charge in [-0.15, -0.1) is 0 Å². The summed E-state index contributed by atoms with van der Waals surface area (Å²) in [5, 5.41) is 11.1. The minimum atomic E-state index is -0.426. The predicted octanol–water partition coefficient (Wildman–Crippen LogP) is 4.70. The average Bonchev–Trinajstić information content (AvgIpc) is 2.89. The second-order valence-electron chi connectivity index (χ2n) is 6.23. The van der Waals surface area contributed by atoms with E-state index in [1.165, 1.54) is 6.07 Å². The number of hydrogen-bond acceptors (Lipinski definition) is 4. The molecule has 1 heterocycles. The SMILES string of the molecule is CC(C)(C)c1ccc2oc(-c3ccccc3[N+](=O)[O-])nc2c1. The van der Waals surface area contributed by atoms with E-state index in [0.29, 0.717) is 16.7 Å². The van der Waals surface area contributed by atoms with E-state index in [1.807, 2.05) is 18.2 Å². The first kappa shape index (κ1) is 14.3. The van der Waals surface area contributed by atoms with Crippen LogP contribution >= 0.6 is 0 Å². The number of fused-ring (bicyclic) bond motifs is 1. The molecule has 2 aromatic carbocycles. The van der Waals surface area contributed by atoms with E-state index in [-0.39, 0.29) is 17.0 Å². The van der Waals surface area contributed by atoms with Gasteiger partial charge in [0.2, 0.25) is 5.89 Å². The van der Waals surface area contributed by atoms with Crippen LogP contribution in [0.1, 0.15) is 26.3 Å². The van der Waals surface area contributed by atoms with Gasteiger partial charge in [-0.3, -0.25) is 10.1 Å². The molecule has 1 aromatic heterocycles. The number of benzene rings is 2. The molecule has 0 saturated heterocycles. The van der Waals surface area contributed by atoms with Crippen molar-refractivity contribution in [2.75, 3.05) is 0 Å². The van der Waals surface area contributed by atoms with Gasteiger partial charge in [-0.2, -0.15) is 0 Å². The van der Waals surface area contributed by atoms with E-state index in [0.717, 1.165) is 5.56 Å². The van der Waals surface area contributed by atoms with Gasteiger partial charge in [-0.1, -0.05) is 39.0 Å². The summed E-state index contributed by atoms with van der Waals surface area (Å²) < 4.78 is 5.70. The molecule has 0 spiro atoms. The van der Waals surface area contributed by atoms with Gasteiger partial charge in [0, 0.05) is 6.07 Å². The Kier molecular flexibility index (Phi) is 3.20. The number of nitrogens with zero attached hydrogens (tertiary/aromatic N) is 2. The smallest absolute Gasteiger partial charge is 0.282 e. The molecule has 0 amide bonds. The molecule has 3 rings (SSSR count). The largest absolute Gasteiger partial charge is 0.436 e. The summed E-state index contributed by atoms with van der Waals surface area (Å²) in [6.07, 6.45) is 0. The lowest BCUT2D eigenvalue weighted by molar-refractivity contribution is -0.384. The third kappa shape index (κ3) is 2.45. The molecule has 22 heavy (non-hydrogen) atoms. The van der Waals surface area contributed by atoms with Crippen molar-refractivity contribution in [1.82, 2.24) is 4.98 Å². The highest BCUT2D eigenvalue weighted by Crippen LogP contribution is 2.33. The second kappa shape index (κ2) is 4.94. The standard InChI is InChI=1S/C17H16N2O3/c1-17(2,3)11-8-9-15-13(10-11)18-16(22-15)12-6-4-5-7-14(12)19(20)21/h4-10H,1-3H3. The van der Waals surface area contributed by atoms with Gasteiger partial charge in [-0.25, -0.2) is 4.98 Å². The maximum absolute atomic E-state index is 11.1. The summed E-state index contributed by atoms with van der Waals surface area (Å²) in [5.74, 6) is 0.272. The number of rotatable bonds is 2. The maximum atomic E-state index is 11.1. The molecule has 0 radical (unpaired) electrons. The van der Waals surface area contributed by atoms with Gasteiger partial charge in [0.05, 0.1) is 4.92 Å². The van der Waals surface area contributed by atoms with Crippen molar-refractivity contribution in [3.63, 3.8) is 0 Å². The maximum Gasteiger partial charge on any atom is 0.282 e. The van der Waals surface area contributed by atoms with Crippen LogP contribution < -0.4 is 0 Å². The van der Waals surface area contributed by atoms with Crippen LogP contribution in [0.25, 0.3) is 22.6 Å². The zero-order valence-electron chi connectivity index (χ0n) is 12.7. The molecule has 0 fully saturated rings. The molecule has 3 aromatic rings. The van der Waals surface area contributed by atoms with Crippen LogP contribution in [0, 0.1) is 10.1 Å². The van der Waals surface area contributed by atoms with Gasteiger partial charge >= 0.3 is 0 Å². The average molecular weight is 296 g/mol. The lowest BCUT2D eigenvalue weighted by atomic mass is 9.87. The lowest BCUT2D eigenvalue weighted by Crippen LogP contribution is -2.10. The topological polar surface area (TPSA) is 69.2 Å². The number of oxazole rings is 1. The molecule has 0 aliphatic heterocycles. The van der Waals surface area contributed by atoms with E-state index in [1.54, 1.807) is 18.2 Å². The highest BCUT2D eigenvalue weighted by Gasteiger charge is 2.20. The molecule has 5 nitrogen and oxygen atoms in total. The molecule has 0 aliphatic rings. The number of para-hydroxylation sites is 1. The summed E-state index contributed by atoms with van der Waals surface area (Å²) in [6.45, 7) is 6.37. The first-order valence-electron chi connectivity index (χ1n) is 7.01. The van der Waals surface area contributed by atoms with Gasteiger partial charge in [0.15, 0.2) is 5.58 Å². The van der Waals surface area contributed by atoms with Crippen LogP contribution in [-0.4, -0.2) is 9.91 Å². The third-order valence-electron chi connectivity index (χ3n) is 3.58. The Labute approximate surface area is 127 Å². The molecule has 0 atom stereocenters. The zero-order chi connectivity index (χ0) is 15.9. The first-order valence-corrected chi connectivity index (χ1v) is 7.01. The number of nitro groups is 1. The molecule has 0 aliphatic carbocycles. The van der Waals surface area contributed by atoms with Crippen LogP contribution in [0.2, 0.25) is 0 Å². The van der Waals surface area contributed by atoms with E-state index in [4.69, 9.17) is 4.42 Å². The lowest BCUT2D eigenvalue weighted by Gasteiger charge is -2.18. The molecular formula is C17H16N2O3. The van der Waals surface area contributed by atoms with Crippen molar-refractivity contribution in [3.05, 3.63) is 58.1 Å². The summed E-state index contributed by atoms with van der Waals surface area (Å²) in [7, 11) is 0. The van der Waals surface area contributed by atoms with Crippen molar-refractivity contribution in [3.8, 4) is 11.5 Å². The van der Waals surface area contributed by atoms with Crippen molar-refractivity contribution in [2.45, 2.75) is 26.2 Å². The predicted molar refractivity (Wildman–Crippen MR) is 84.8 cm³/mol. The molecule has 0 N–H and O–H groups in total. The molecule has 0 saturated carbocycles. The van der Waals surface area contributed by atoms with E-state index in [2.05, 4.69) is 25.8 Å². The molecule has 112 valence electrons. The monoisotopic (exact) mass is 296 g/mol. The highest BCUT2D eigenvalue weighted by atomic mass is 16.6. The first-order chi connectivity index (χ1) is 10.4. The van der Waals surface area contributed by atoms with Gasteiger partial charge in [0.25, 0.3) is 5.69 Å². The molecule has 5 heteroatoms. The molecular weight excluding hydrogens is 280 g/mol. The number of hydrogen-bond donors (Lipinski definition) is 0. The van der Waals surface area contributed by atoms with E-state index in [9.17, 15) is 10.1 Å². The van der Waals surface area contributed by atoms with Crippen LogP contribution in [0.15, 0.2) is 46.9 Å². The van der Waals surface area contributed by atoms with Gasteiger partial charge in [0.1, 0.15) is 11.1 Å². The summed E-state index contributed by atoms with van der Waals surface area (Å²) >= 11 is 0. The van der Waals surface area contributed by atoms with E-state index >= 15 is 0 Å². The Morgan fingerprint density at radius 3 is 2.55 bits per heavy atom. The number of nitro benzene ring substituents is 1. The quantitative estimate of drug-likeness (QED) is 0.507. The Hall–Kier alpha value is -2.69. The zero-order valence-corrected chi connectivity index (χ0v) is 12.7. The Bertz CT molecular complexity index is 860. The van der Waals surface area contributed by atoms with Crippen LogP contribution in [0.4, 0.5) is 5.69 Å². The fraction of sp³-hybridized carbons (Fsp3) is 0.235. The summed E-state index contributed by atoms with van der Waals surface area (Å²) in [6, 6.07) is 12.3. The molecule has 0 bridgehead atoms. The van der Waals surface area contributed by atoms with Crippen LogP contribution in [0.3, 0.4) is 0 Å². The Morgan fingerprint density at radius 2 is 1.86 bits per heavy atom. The van der Waals surface area contributed by atoms with Crippen molar-refractivity contribution < 1.29 is 9.34 Å². The summed E-state index contributed by atoms with van der Waals surface area (Å²) in [4.78, 5) is 15.1. The normalized spacial score (nSPS) is 11.8.